The van der Waals surface area contributed by atoms with Crippen LogP contribution in [0.25, 0.3) is 5.82 Å². The number of carbonyl (C=O) groups excluding carboxylic acids is 1. The maximum absolute atomic E-state index is 12.9. The van der Waals surface area contributed by atoms with E-state index in [1.807, 2.05) is 11.0 Å². The zero-order chi connectivity index (χ0) is 21.2. The number of amides is 1. The molecule has 0 atom stereocenters. The van der Waals surface area contributed by atoms with Gasteiger partial charge in [0.25, 0.3) is 11.5 Å². The molecular formula is C21H25N7O3. The highest BCUT2D eigenvalue weighted by Gasteiger charge is 2.29. The van der Waals surface area contributed by atoms with Crippen LogP contribution in [0, 0.1) is 0 Å². The monoisotopic (exact) mass is 423 g/mol. The van der Waals surface area contributed by atoms with E-state index in [0.29, 0.717) is 37.7 Å². The molecule has 1 amide bonds. The Morgan fingerprint density at radius 3 is 2.71 bits per heavy atom. The van der Waals surface area contributed by atoms with Crippen molar-refractivity contribution in [2.75, 3.05) is 32.7 Å². The summed E-state index contributed by atoms with van der Waals surface area (Å²) in [5, 5.41) is 12.6. The Balaban J connectivity index is 1.17. The van der Waals surface area contributed by atoms with Gasteiger partial charge in [0.1, 0.15) is 5.76 Å². The molecule has 31 heavy (non-hydrogen) atoms. The Bertz CT molecular complexity index is 1110. The highest BCUT2D eigenvalue weighted by Crippen LogP contribution is 2.25. The lowest BCUT2D eigenvalue weighted by molar-refractivity contribution is 0.0620. The average Bonchev–Trinajstić information content (AvgIpc) is 3.49. The fourth-order valence-corrected chi connectivity index (χ4v) is 4.24. The van der Waals surface area contributed by atoms with E-state index in [9.17, 15) is 9.59 Å². The number of nitrogens with zero attached hydrogens (tertiary/aromatic N) is 7. The normalized spacial score (nSPS) is 17.0. The molecule has 2 aliphatic rings. The number of carbonyl (C=O) groups is 1. The van der Waals surface area contributed by atoms with Crippen LogP contribution < -0.4 is 5.56 Å². The number of aryl methyl sites for hydroxylation is 1. The maximum Gasteiger partial charge on any atom is 0.276 e. The summed E-state index contributed by atoms with van der Waals surface area (Å²) < 4.78 is 8.50. The summed E-state index contributed by atoms with van der Waals surface area (Å²) in [5.74, 6) is 1.45. The summed E-state index contributed by atoms with van der Waals surface area (Å²) in [5.41, 5.74) is 1.36. The van der Waals surface area contributed by atoms with Crippen LogP contribution in [-0.4, -0.2) is 73.1 Å². The highest BCUT2D eigenvalue weighted by atomic mass is 16.5. The van der Waals surface area contributed by atoms with Crippen molar-refractivity contribution in [3.8, 4) is 5.82 Å². The zero-order valence-electron chi connectivity index (χ0n) is 17.3. The minimum Gasteiger partial charge on any atom is -0.360 e. The van der Waals surface area contributed by atoms with E-state index >= 15 is 0 Å². The molecule has 1 fully saturated rings. The number of hydrogen-bond acceptors (Lipinski definition) is 7. The van der Waals surface area contributed by atoms with Gasteiger partial charge in [0.2, 0.25) is 0 Å². The Hall–Kier alpha value is -3.27. The predicted octanol–water partition coefficient (Wildman–Crippen LogP) is 0.754. The van der Waals surface area contributed by atoms with Gasteiger partial charge in [0.05, 0.1) is 6.54 Å². The van der Waals surface area contributed by atoms with Crippen LogP contribution in [0.4, 0.5) is 0 Å². The maximum atomic E-state index is 12.9. The fraction of sp³-hybridized carbons (Fsp3) is 0.476. The van der Waals surface area contributed by atoms with Crippen molar-refractivity contribution in [2.24, 2.45) is 0 Å². The van der Waals surface area contributed by atoms with Crippen LogP contribution in [0.2, 0.25) is 0 Å². The lowest BCUT2D eigenvalue weighted by Crippen LogP contribution is -2.49. The van der Waals surface area contributed by atoms with E-state index in [0.717, 1.165) is 50.1 Å². The van der Waals surface area contributed by atoms with Crippen LogP contribution in [0.15, 0.2) is 39.9 Å². The van der Waals surface area contributed by atoms with Crippen molar-refractivity contribution >= 4 is 5.91 Å². The number of rotatable bonds is 5. The van der Waals surface area contributed by atoms with Crippen molar-refractivity contribution in [2.45, 2.75) is 32.2 Å². The Labute approximate surface area is 179 Å². The van der Waals surface area contributed by atoms with Gasteiger partial charge in [-0.05, 0) is 31.4 Å². The third-order valence-corrected chi connectivity index (χ3v) is 6.03. The van der Waals surface area contributed by atoms with E-state index in [2.05, 4.69) is 20.3 Å². The molecule has 1 saturated heterocycles. The van der Waals surface area contributed by atoms with E-state index < -0.39 is 0 Å². The molecular weight excluding hydrogens is 398 g/mol. The summed E-state index contributed by atoms with van der Waals surface area (Å²) in [4.78, 5) is 29.2. The molecule has 0 radical (unpaired) electrons. The molecule has 1 aliphatic heterocycles. The molecule has 10 heteroatoms. The van der Waals surface area contributed by atoms with Crippen molar-refractivity contribution in [3.05, 3.63) is 58.0 Å². The fourth-order valence-electron chi connectivity index (χ4n) is 4.24. The number of hydrogen-bond donors (Lipinski definition) is 0. The number of aromatic nitrogens is 5. The lowest BCUT2D eigenvalue weighted by Gasteiger charge is -2.34. The topological polar surface area (TPSA) is 102 Å². The van der Waals surface area contributed by atoms with Crippen LogP contribution in [0.1, 0.15) is 34.7 Å². The molecule has 162 valence electrons. The molecule has 3 aromatic heterocycles. The molecule has 10 nitrogen and oxygen atoms in total. The summed E-state index contributed by atoms with van der Waals surface area (Å²) in [6.07, 6.45) is 7.39. The van der Waals surface area contributed by atoms with Crippen molar-refractivity contribution < 1.29 is 9.32 Å². The smallest absolute Gasteiger partial charge is 0.276 e. The molecule has 4 heterocycles. The Kier molecular flexibility index (Phi) is 5.37. The minimum atomic E-state index is -0.138. The van der Waals surface area contributed by atoms with Crippen molar-refractivity contribution in [3.63, 3.8) is 0 Å². The van der Waals surface area contributed by atoms with Gasteiger partial charge in [0.15, 0.2) is 11.5 Å². The van der Waals surface area contributed by atoms with Gasteiger partial charge in [-0.25, -0.2) is 9.36 Å². The van der Waals surface area contributed by atoms with E-state index in [1.54, 1.807) is 23.1 Å². The van der Waals surface area contributed by atoms with Crippen LogP contribution in [0.3, 0.4) is 0 Å². The van der Waals surface area contributed by atoms with Crippen LogP contribution >= 0.6 is 0 Å². The molecule has 0 spiro atoms. The molecule has 5 rings (SSSR count). The molecule has 0 unspecified atom stereocenters. The standard InChI is InChI=1S/C21H25N7O3/c29-19-7-6-18(27-9-3-8-22-27)23-28(19)15-12-25-10-13-26(14-11-25)21(30)20-16-4-1-2-5-17(16)31-24-20/h3,6-9H,1-2,4-5,10-15H2. The third kappa shape index (κ3) is 4.02. The summed E-state index contributed by atoms with van der Waals surface area (Å²) in [6, 6.07) is 4.99. The van der Waals surface area contributed by atoms with Crippen molar-refractivity contribution in [1.82, 2.24) is 34.5 Å². The van der Waals surface area contributed by atoms with E-state index in [4.69, 9.17) is 4.52 Å². The van der Waals surface area contributed by atoms with Gasteiger partial charge in [-0.2, -0.15) is 5.10 Å². The molecule has 1 aliphatic carbocycles. The van der Waals surface area contributed by atoms with Gasteiger partial charge in [-0.1, -0.05) is 5.16 Å². The number of fused-ring (bicyclic) bond motifs is 1. The summed E-state index contributed by atoms with van der Waals surface area (Å²) >= 11 is 0. The minimum absolute atomic E-state index is 0.0311. The first-order chi connectivity index (χ1) is 15.2. The van der Waals surface area contributed by atoms with Gasteiger partial charge < -0.3 is 9.42 Å². The van der Waals surface area contributed by atoms with Crippen molar-refractivity contribution in [1.29, 1.82) is 0 Å². The van der Waals surface area contributed by atoms with Gasteiger partial charge in [0, 0.05) is 63.2 Å². The first kappa shape index (κ1) is 19.7. The largest absolute Gasteiger partial charge is 0.360 e. The summed E-state index contributed by atoms with van der Waals surface area (Å²) in [6.45, 7) is 3.94. The third-order valence-electron chi connectivity index (χ3n) is 6.03. The van der Waals surface area contributed by atoms with E-state index in [-0.39, 0.29) is 11.5 Å². The summed E-state index contributed by atoms with van der Waals surface area (Å²) in [7, 11) is 0. The highest BCUT2D eigenvalue weighted by molar-refractivity contribution is 5.94. The van der Waals surface area contributed by atoms with Gasteiger partial charge >= 0.3 is 0 Å². The zero-order valence-corrected chi connectivity index (χ0v) is 17.3. The van der Waals surface area contributed by atoms with Crippen LogP contribution in [-0.2, 0) is 19.4 Å². The van der Waals surface area contributed by atoms with E-state index in [1.165, 1.54) is 10.7 Å². The lowest BCUT2D eigenvalue weighted by atomic mass is 9.96. The van der Waals surface area contributed by atoms with Gasteiger partial charge in [-0.15, -0.1) is 5.10 Å². The SMILES string of the molecule is O=C(c1noc2c1CCCC2)N1CCN(CCn2nc(-n3cccn3)ccc2=O)CC1. The first-order valence-electron chi connectivity index (χ1n) is 10.8. The Morgan fingerprint density at radius 2 is 1.90 bits per heavy atom. The molecule has 0 bridgehead atoms. The molecule has 3 aromatic rings. The predicted molar refractivity (Wildman–Crippen MR) is 111 cm³/mol. The number of piperazine rings is 1. The molecule has 0 N–H and O–H groups in total. The second-order valence-corrected chi connectivity index (χ2v) is 7.98. The molecule has 0 aromatic carbocycles. The second kappa shape index (κ2) is 8.46. The Morgan fingerprint density at radius 1 is 1.06 bits per heavy atom. The molecule has 0 saturated carbocycles. The van der Waals surface area contributed by atoms with Crippen LogP contribution in [0.5, 0.6) is 0 Å². The quantitative estimate of drug-likeness (QED) is 0.597. The first-order valence-corrected chi connectivity index (χ1v) is 10.8. The average molecular weight is 423 g/mol. The second-order valence-electron chi connectivity index (χ2n) is 7.98. The van der Waals surface area contributed by atoms with Gasteiger partial charge in [-0.3, -0.25) is 14.5 Å².